The summed E-state index contributed by atoms with van der Waals surface area (Å²) in [5, 5.41) is 0. The molecule has 12 aromatic rings. The molecule has 0 saturated heterocycles. The fourth-order valence-electron chi connectivity index (χ4n) is 23.1. The Balaban J connectivity index is 0.0000000780. The van der Waals surface area contributed by atoms with Crippen LogP contribution in [0.15, 0.2) is 248 Å². The van der Waals surface area contributed by atoms with Crippen molar-refractivity contribution in [3.05, 3.63) is 263 Å². The molecule has 18 aliphatic heterocycles. The maximum absolute atomic E-state index is 12.9. The Kier molecular flexibility index (Phi) is 13.8. The van der Waals surface area contributed by atoms with Crippen LogP contribution in [0.4, 0.5) is 102 Å². The van der Waals surface area contributed by atoms with Gasteiger partial charge in [0, 0.05) is 104 Å². The van der Waals surface area contributed by atoms with Gasteiger partial charge in [-0.05, 0) is 169 Å². The van der Waals surface area contributed by atoms with Gasteiger partial charge in [0.2, 0.25) is 9.84 Å². The van der Waals surface area contributed by atoms with E-state index in [4.69, 9.17) is 9.47 Å². The molecule has 0 N–H and O–H groups in total. The summed E-state index contributed by atoms with van der Waals surface area (Å²) in [6, 6.07) is 78.2. The van der Waals surface area contributed by atoms with Gasteiger partial charge < -0.3 is 68.3 Å². The zero-order chi connectivity index (χ0) is 77.9. The molecule has 30 rings (SSSR count). The van der Waals surface area contributed by atoms with Crippen LogP contribution in [0.3, 0.4) is 0 Å². The van der Waals surface area contributed by atoms with E-state index in [1.54, 1.807) is 12.1 Å². The van der Waals surface area contributed by atoms with Gasteiger partial charge in [-0.1, -0.05) is 159 Å². The van der Waals surface area contributed by atoms with Crippen LogP contribution in [-0.4, -0.2) is 85.7 Å². The number of sulfone groups is 1. The normalized spacial score (nSPS) is 21.7. The summed E-state index contributed by atoms with van der Waals surface area (Å²) in [6.07, 6.45) is 8.86. The largest absolute Gasteiger partial charge is 0.453 e. The Labute approximate surface area is 685 Å². The van der Waals surface area contributed by atoms with Crippen molar-refractivity contribution in [1.29, 1.82) is 0 Å². The van der Waals surface area contributed by atoms with E-state index in [0.717, 1.165) is 84.1 Å². The van der Waals surface area contributed by atoms with Crippen molar-refractivity contribution in [2.75, 3.05) is 87.0 Å². The second-order valence-corrected chi connectivity index (χ2v) is 38.8. The van der Waals surface area contributed by atoms with Crippen molar-refractivity contribution in [2.24, 2.45) is 0 Å². The molecule has 0 aliphatic carbocycles. The average molecular weight is 1580 g/mol. The predicted molar refractivity (Wildman–Crippen MR) is 470 cm³/mol. The first-order chi connectivity index (χ1) is 56.4. The number of hydrogen-bond donors (Lipinski definition) is 0. The molecule has 12 aromatic carbocycles. The van der Waals surface area contributed by atoms with Gasteiger partial charge in [-0.15, -0.1) is 0 Å². The SMILES string of the molecule is CC(C)N1c2cccc3c2N2c4c(cccc4O3)CC21.CC(C)N1c2cccc3c2N2c4c(cccc4S3)CC21.CN1c2cccc3c2N2c4c(cccc4C3(C)C)CC12.CN1c2cccc3c2N2c4c(cccc4O3)CC12.CN1c2cccc3c2N2c4c(cccc4S3(=O)=O)CC12.CN1c2cccc3c2N2c4c(cccc4S3)CC12. The fourth-order valence-corrected chi connectivity index (χ4v) is 27.1. The number of anilines is 18. The second kappa shape index (κ2) is 23.6. The van der Waals surface area contributed by atoms with E-state index in [2.05, 4.69) is 303 Å². The van der Waals surface area contributed by atoms with Crippen LogP contribution in [0.1, 0.15) is 86.1 Å². The first kappa shape index (κ1) is 67.8. The summed E-state index contributed by atoms with van der Waals surface area (Å²) in [4.78, 5) is 35.9. The molecule has 576 valence electrons. The van der Waals surface area contributed by atoms with Crippen LogP contribution in [0.25, 0.3) is 0 Å². The van der Waals surface area contributed by atoms with Crippen LogP contribution in [0.2, 0.25) is 0 Å². The van der Waals surface area contributed by atoms with E-state index in [1.807, 2.05) is 54.8 Å². The zero-order valence-electron chi connectivity index (χ0n) is 66.4. The highest BCUT2D eigenvalue weighted by Gasteiger charge is 2.55. The molecule has 6 atom stereocenters. The second-order valence-electron chi connectivity index (χ2n) is 34.7. The van der Waals surface area contributed by atoms with Crippen molar-refractivity contribution in [3.8, 4) is 23.0 Å². The van der Waals surface area contributed by atoms with Gasteiger partial charge in [-0.2, -0.15) is 0 Å². The molecule has 0 spiro atoms. The molecule has 0 radical (unpaired) electrons. The van der Waals surface area contributed by atoms with E-state index in [9.17, 15) is 8.42 Å². The molecule has 16 nitrogen and oxygen atoms in total. The molecular formula is C97H86N12O4S3. The number of para-hydroxylation sites is 12. The van der Waals surface area contributed by atoms with Crippen LogP contribution in [-0.2, 0) is 53.8 Å². The van der Waals surface area contributed by atoms with Crippen molar-refractivity contribution >= 4 is 136 Å². The van der Waals surface area contributed by atoms with Crippen LogP contribution < -0.4 is 68.3 Å². The molecular weight excluding hydrogens is 1490 g/mol. The van der Waals surface area contributed by atoms with E-state index in [1.165, 1.54) is 144 Å². The third kappa shape index (κ3) is 8.69. The average Bonchev–Trinajstić information content (AvgIpc) is 1.51. The van der Waals surface area contributed by atoms with Gasteiger partial charge in [-0.25, -0.2) is 8.42 Å². The third-order valence-electron chi connectivity index (χ3n) is 28.0. The van der Waals surface area contributed by atoms with Crippen molar-refractivity contribution in [3.63, 3.8) is 0 Å². The van der Waals surface area contributed by atoms with E-state index < -0.39 is 9.84 Å². The molecule has 116 heavy (non-hydrogen) atoms. The third-order valence-corrected chi connectivity index (χ3v) is 32.0. The lowest BCUT2D eigenvalue weighted by Gasteiger charge is -2.39. The molecule has 0 bridgehead atoms. The highest BCUT2D eigenvalue weighted by molar-refractivity contribution is 8.00. The van der Waals surface area contributed by atoms with Crippen LogP contribution >= 0.6 is 23.5 Å². The maximum atomic E-state index is 12.9. The molecule has 18 aliphatic rings. The highest BCUT2D eigenvalue weighted by Crippen LogP contribution is 2.67. The van der Waals surface area contributed by atoms with E-state index in [0.29, 0.717) is 52.7 Å². The summed E-state index contributed by atoms with van der Waals surface area (Å²) in [7, 11) is 5.26. The minimum Gasteiger partial charge on any atom is -0.453 e. The molecule has 0 aromatic heterocycles. The number of hydrogen-bond acceptors (Lipinski definition) is 18. The zero-order valence-corrected chi connectivity index (χ0v) is 68.8. The molecule has 0 amide bonds. The van der Waals surface area contributed by atoms with Crippen molar-refractivity contribution < 1.29 is 17.9 Å². The smallest absolute Gasteiger partial charge is 0.210 e. The lowest BCUT2D eigenvalue weighted by atomic mass is 9.73. The Morgan fingerprint density at radius 2 is 0.586 bits per heavy atom. The summed E-state index contributed by atoms with van der Waals surface area (Å²) in [6.45, 7) is 13.9. The van der Waals surface area contributed by atoms with Crippen LogP contribution in [0, 0.1) is 0 Å². The van der Waals surface area contributed by atoms with Gasteiger partial charge in [0.25, 0.3) is 0 Å². The van der Waals surface area contributed by atoms with Gasteiger partial charge in [0.05, 0.1) is 101 Å². The number of nitrogens with zero attached hydrogens (tertiary/aromatic N) is 12. The fraction of sp³-hybridized carbons (Fsp3) is 0.258. The number of benzene rings is 12. The first-order valence-electron chi connectivity index (χ1n) is 41.1. The van der Waals surface area contributed by atoms with Crippen molar-refractivity contribution in [1.82, 2.24) is 0 Å². The number of likely N-dealkylation sites (N-methyl/N-ethyl adjacent to an activating group) is 4. The molecule has 19 heteroatoms. The number of rotatable bonds is 2. The molecule has 6 unspecified atom stereocenters. The Bertz CT molecular complexity index is 6280. The lowest BCUT2D eigenvalue weighted by molar-refractivity contribution is 0.474. The minimum absolute atomic E-state index is 0.0905. The standard InChI is InChI=1S/C18H18N2.C17H16N2O.C17H16N2S.C15H12N2O2S.C15H12N2O.C15H12N2S/c1-18(2)12-7-4-6-11-10-15-19(3)14-9-5-8-13(18)17(14)20(15)16(11)12;2*1-10(2)18-12-6-4-8-14-17(12)19-15(18)9-11-5-3-7-13(20-14)16(11)19;1-16-10-5-3-7-12-15(10)17-13(16)8-9-4-2-6-11(14(9)17)20(12,18)19;2*1-16-10-5-3-7-12-15(10)17-13(16)8-9-4-2-6-11(18-12)14(9)17/h4-9,15H,10H2,1-3H3;2*3-8,10,15H,9H2,1-2H3;2-7,13H,8H2,1H3;2*2-7,13H,8H2,1H3. The molecule has 18 heterocycles. The summed E-state index contributed by atoms with van der Waals surface area (Å²) in [5.41, 5.74) is 34.7. The van der Waals surface area contributed by atoms with Gasteiger partial charge in [0.15, 0.2) is 23.0 Å². The van der Waals surface area contributed by atoms with E-state index >= 15 is 0 Å². The minimum atomic E-state index is -3.40. The monoisotopic (exact) mass is 1580 g/mol. The Hall–Kier alpha value is -11.5. The van der Waals surface area contributed by atoms with Crippen molar-refractivity contribution in [2.45, 2.75) is 164 Å². The quantitative estimate of drug-likeness (QED) is 0.164. The van der Waals surface area contributed by atoms with Gasteiger partial charge in [0.1, 0.15) is 48.4 Å². The number of ether oxygens (including phenoxy) is 2. The summed E-state index contributed by atoms with van der Waals surface area (Å²) < 4.78 is 37.9. The molecule has 0 saturated carbocycles. The topological polar surface area (TPSA) is 91.5 Å². The molecule has 0 fully saturated rings. The Morgan fingerprint density at radius 1 is 0.302 bits per heavy atom. The highest BCUT2D eigenvalue weighted by atomic mass is 32.2. The van der Waals surface area contributed by atoms with Crippen LogP contribution in [0.5, 0.6) is 23.0 Å². The lowest BCUT2D eigenvalue weighted by Crippen LogP contribution is -2.43. The van der Waals surface area contributed by atoms with E-state index in [-0.39, 0.29) is 11.6 Å². The summed E-state index contributed by atoms with van der Waals surface area (Å²) in [5.74, 6) is 3.96. The Morgan fingerprint density at radius 3 is 1.09 bits per heavy atom. The summed E-state index contributed by atoms with van der Waals surface area (Å²) >= 11 is 3.84. The predicted octanol–water partition coefficient (Wildman–Crippen LogP) is 21.4. The maximum Gasteiger partial charge on any atom is 0.210 e. The van der Waals surface area contributed by atoms with Gasteiger partial charge >= 0.3 is 0 Å². The van der Waals surface area contributed by atoms with Gasteiger partial charge in [-0.3, -0.25) is 0 Å². The first-order valence-corrected chi connectivity index (χ1v) is 44.2.